The summed E-state index contributed by atoms with van der Waals surface area (Å²) in [6.45, 7) is 0. The van der Waals surface area contributed by atoms with Crippen molar-refractivity contribution in [2.45, 2.75) is 26.7 Å². The number of hydrogen-bond acceptors (Lipinski definition) is 1. The fraction of sp³-hybridized carbons (Fsp3) is 1.00. The van der Waals surface area contributed by atoms with Crippen LogP contribution < -0.4 is 0 Å². The standard InChI is InChI=1S/C4H7F5NP.3CH3.Sn/c1-10(2)11-4(8,9)3(5,6)7;;;;/h11H,1-2H3;3*1H3;. The van der Waals surface area contributed by atoms with E-state index in [0.717, 1.165) is 18.8 Å². The summed E-state index contributed by atoms with van der Waals surface area (Å²) in [5.74, 6) is 0. The van der Waals surface area contributed by atoms with E-state index in [0.29, 0.717) is 0 Å². The second-order valence-electron chi connectivity index (χ2n) is 3.58. The molecule has 1 atom stereocenters. The Labute approximate surface area is 96.0 Å². The zero-order chi connectivity index (χ0) is 12.9. The van der Waals surface area contributed by atoms with Crippen LogP contribution in [0.1, 0.15) is 0 Å². The van der Waals surface area contributed by atoms with Gasteiger partial charge in [-0.25, -0.2) is 0 Å². The molecule has 1 radical (unpaired) electrons. The molecule has 1 unspecified atom stereocenters. The Morgan fingerprint density at radius 2 is 1.20 bits per heavy atom. The third-order valence-corrected chi connectivity index (χ3v) is 1.73. The zero-order valence-electron chi connectivity index (χ0n) is 9.34. The van der Waals surface area contributed by atoms with E-state index in [1.54, 1.807) is 0 Å². The minimum atomic E-state index is -5.43. The van der Waals surface area contributed by atoms with Crippen molar-refractivity contribution in [1.82, 2.24) is 4.67 Å². The summed E-state index contributed by atoms with van der Waals surface area (Å²) in [6, 6.07) is 0. The molecule has 0 heterocycles. The van der Waals surface area contributed by atoms with E-state index in [9.17, 15) is 22.0 Å². The van der Waals surface area contributed by atoms with Crippen LogP contribution in [0.15, 0.2) is 0 Å². The number of rotatable bonds is 2. The molecule has 0 aromatic heterocycles. The molecule has 0 aromatic rings. The number of hydrogen-bond donors (Lipinski definition) is 0. The molecule has 15 heavy (non-hydrogen) atoms. The molecule has 0 aliphatic rings. The molecule has 0 saturated heterocycles. The topological polar surface area (TPSA) is 3.24 Å². The molecule has 0 spiro atoms. The van der Waals surface area contributed by atoms with Crippen molar-refractivity contribution in [3.05, 3.63) is 0 Å². The summed E-state index contributed by atoms with van der Waals surface area (Å²) in [5.41, 5.74) is -4.59. The monoisotopic (exact) mass is 360 g/mol. The Bertz CT molecular complexity index is 168. The summed E-state index contributed by atoms with van der Waals surface area (Å²) < 4.78 is 59.1. The fourth-order valence-corrected chi connectivity index (χ4v) is 1.03. The van der Waals surface area contributed by atoms with Crippen LogP contribution in [0, 0.1) is 0 Å². The SMILES string of the molecule is CN(C)PC(F)(F)C(F)(F)F.[CH3][Sn]([CH3])[CH3]. The van der Waals surface area contributed by atoms with E-state index in [4.69, 9.17) is 0 Å². The molecular weight excluding hydrogens is 343 g/mol. The van der Waals surface area contributed by atoms with Gasteiger partial charge in [0.05, 0.1) is 0 Å². The van der Waals surface area contributed by atoms with E-state index in [2.05, 4.69) is 14.8 Å². The molecule has 0 bridgehead atoms. The molecule has 0 fully saturated rings. The third-order valence-electron chi connectivity index (χ3n) is 0.720. The van der Waals surface area contributed by atoms with Gasteiger partial charge in [0.1, 0.15) is 0 Å². The summed E-state index contributed by atoms with van der Waals surface area (Å²) in [7, 11) is 0.771. The van der Waals surface area contributed by atoms with Crippen LogP contribution in [0.4, 0.5) is 22.0 Å². The molecule has 0 aromatic carbocycles. The molecule has 0 saturated carbocycles. The van der Waals surface area contributed by atoms with Gasteiger partial charge < -0.3 is 0 Å². The van der Waals surface area contributed by atoms with Crippen LogP contribution in [0.2, 0.25) is 14.8 Å². The molecule has 0 rings (SSSR count). The Kier molecular flexibility index (Phi) is 8.77. The number of nitrogens with zero attached hydrogens (tertiary/aromatic N) is 1. The minimum absolute atomic E-state index is 0.543. The molecule has 0 aliphatic heterocycles. The van der Waals surface area contributed by atoms with Crippen molar-refractivity contribution in [2.24, 2.45) is 0 Å². The van der Waals surface area contributed by atoms with Crippen LogP contribution in [-0.4, -0.2) is 50.4 Å². The average Bonchev–Trinajstić information content (AvgIpc) is 1.78. The maximum absolute atomic E-state index is 12.0. The first-order valence-corrected chi connectivity index (χ1v) is 13.6. The van der Waals surface area contributed by atoms with Crippen molar-refractivity contribution in [2.75, 3.05) is 14.1 Å². The third kappa shape index (κ3) is 11.1. The van der Waals surface area contributed by atoms with Gasteiger partial charge in [-0.3, -0.25) is 4.67 Å². The van der Waals surface area contributed by atoms with Gasteiger partial charge in [-0.1, -0.05) is 0 Å². The second-order valence-corrected chi connectivity index (χ2v) is 13.9. The van der Waals surface area contributed by atoms with Gasteiger partial charge in [0, 0.05) is 8.73 Å². The summed E-state index contributed by atoms with van der Waals surface area (Å²) in [6.07, 6.45) is -5.43. The molecule has 93 valence electrons. The van der Waals surface area contributed by atoms with Crippen molar-refractivity contribution >= 4 is 28.5 Å². The van der Waals surface area contributed by atoms with Gasteiger partial charge in [0.2, 0.25) is 0 Å². The van der Waals surface area contributed by atoms with Crippen LogP contribution in [0.5, 0.6) is 0 Å². The molecule has 8 heteroatoms. The van der Waals surface area contributed by atoms with Crippen LogP contribution >= 0.6 is 8.73 Å². The van der Waals surface area contributed by atoms with Crippen molar-refractivity contribution in [1.29, 1.82) is 0 Å². The summed E-state index contributed by atoms with van der Waals surface area (Å²) >= 11 is -0.543. The van der Waals surface area contributed by atoms with Crippen molar-refractivity contribution < 1.29 is 22.0 Å². The Morgan fingerprint density at radius 3 is 1.27 bits per heavy atom. The Morgan fingerprint density at radius 1 is 0.933 bits per heavy atom. The second kappa shape index (κ2) is 7.22. The van der Waals surface area contributed by atoms with E-state index in [1.165, 1.54) is 0 Å². The zero-order valence-corrected chi connectivity index (χ0v) is 13.2. The normalized spacial score (nSPS) is 13.6. The van der Waals surface area contributed by atoms with E-state index >= 15 is 0 Å². The quantitative estimate of drug-likeness (QED) is 0.413. The Balaban J connectivity index is 0. The van der Waals surface area contributed by atoms with E-state index in [-0.39, 0.29) is 0 Å². The van der Waals surface area contributed by atoms with Gasteiger partial charge in [0.15, 0.2) is 0 Å². The predicted octanol–water partition coefficient (Wildman–Crippen LogP) is 3.67. The average molecular weight is 359 g/mol. The first-order valence-electron chi connectivity index (χ1n) is 4.06. The van der Waals surface area contributed by atoms with Crippen LogP contribution in [0.3, 0.4) is 0 Å². The molecule has 0 N–H and O–H groups in total. The number of halogens is 5. The van der Waals surface area contributed by atoms with Crippen molar-refractivity contribution in [3.8, 4) is 0 Å². The maximum atomic E-state index is 12.0. The predicted molar refractivity (Wildman–Crippen MR) is 56.4 cm³/mol. The molecule has 0 aliphatic carbocycles. The molecule has 0 amide bonds. The van der Waals surface area contributed by atoms with Crippen LogP contribution in [-0.2, 0) is 0 Å². The first-order chi connectivity index (χ1) is 6.40. The van der Waals surface area contributed by atoms with E-state index < -0.39 is 40.3 Å². The molecule has 1 nitrogen and oxygen atoms in total. The molecular formula is C7H16F5NPSn. The fourth-order valence-electron chi connectivity index (χ4n) is 0.344. The van der Waals surface area contributed by atoms with Crippen molar-refractivity contribution in [3.63, 3.8) is 0 Å². The van der Waals surface area contributed by atoms with Crippen LogP contribution in [0.25, 0.3) is 0 Å². The summed E-state index contributed by atoms with van der Waals surface area (Å²) in [4.78, 5) is 7.09. The van der Waals surface area contributed by atoms with Gasteiger partial charge in [0.25, 0.3) is 0 Å². The number of alkyl halides is 5. The Hall–Kier alpha value is 0.839. The van der Waals surface area contributed by atoms with E-state index in [1.807, 2.05) is 0 Å². The van der Waals surface area contributed by atoms with Gasteiger partial charge in [-0.2, -0.15) is 22.0 Å². The summed E-state index contributed by atoms with van der Waals surface area (Å²) in [5, 5.41) is 0. The van der Waals surface area contributed by atoms with Gasteiger partial charge in [-0.05, 0) is 14.1 Å². The first kappa shape index (κ1) is 18.2. The van der Waals surface area contributed by atoms with Gasteiger partial charge >= 0.3 is 46.4 Å². The van der Waals surface area contributed by atoms with Gasteiger partial charge in [-0.15, -0.1) is 0 Å².